The largest absolute Gasteiger partial charge is 0.509 e. The second kappa shape index (κ2) is 4.70. The maximum absolute atomic E-state index is 12.4. The summed E-state index contributed by atoms with van der Waals surface area (Å²) in [4.78, 5) is 12.4. The predicted molar refractivity (Wildman–Crippen MR) is 98.2 cm³/mol. The van der Waals surface area contributed by atoms with Gasteiger partial charge in [-0.15, -0.1) is 0 Å². The van der Waals surface area contributed by atoms with E-state index in [4.69, 9.17) is 9.47 Å². The highest BCUT2D eigenvalue weighted by Crippen LogP contribution is 2.77. The molecule has 26 heavy (non-hydrogen) atoms. The Morgan fingerprint density at radius 1 is 0.962 bits per heavy atom. The topological polar surface area (TPSA) is 35.5 Å². The number of hydrogen-bond donors (Lipinski definition) is 0. The van der Waals surface area contributed by atoms with Gasteiger partial charge in [0, 0.05) is 5.92 Å². The van der Waals surface area contributed by atoms with Crippen molar-refractivity contribution in [1.82, 2.24) is 0 Å². The van der Waals surface area contributed by atoms with Crippen LogP contribution in [0.3, 0.4) is 0 Å². The molecule has 5 fully saturated rings. The Labute approximate surface area is 156 Å². The molecule has 0 aromatic carbocycles. The normalized spacial score (nSPS) is 57.5. The average Bonchev–Trinajstić information content (AvgIpc) is 3.30. The van der Waals surface area contributed by atoms with Crippen molar-refractivity contribution in [2.75, 3.05) is 0 Å². The van der Waals surface area contributed by atoms with Gasteiger partial charge in [-0.3, -0.25) is 0 Å². The minimum Gasteiger partial charge on any atom is -0.429 e. The van der Waals surface area contributed by atoms with E-state index in [9.17, 15) is 4.79 Å². The number of allylic oxidation sites excluding steroid dienone is 2. The van der Waals surface area contributed by atoms with Gasteiger partial charge in [-0.25, -0.2) is 4.79 Å². The zero-order chi connectivity index (χ0) is 18.0. The van der Waals surface area contributed by atoms with Gasteiger partial charge >= 0.3 is 6.16 Å². The average molecular weight is 357 g/mol. The molecule has 0 aliphatic heterocycles. The van der Waals surface area contributed by atoms with Crippen LogP contribution in [0.5, 0.6) is 0 Å². The summed E-state index contributed by atoms with van der Waals surface area (Å²) in [7, 11) is 0. The van der Waals surface area contributed by atoms with Gasteiger partial charge in [0.1, 0.15) is 11.2 Å². The van der Waals surface area contributed by atoms with Crippen molar-refractivity contribution >= 4 is 6.16 Å². The summed E-state index contributed by atoms with van der Waals surface area (Å²) < 4.78 is 11.5. The molecule has 0 aromatic heterocycles. The van der Waals surface area contributed by atoms with E-state index in [0.29, 0.717) is 5.92 Å². The van der Waals surface area contributed by atoms with Gasteiger partial charge in [0.2, 0.25) is 0 Å². The van der Waals surface area contributed by atoms with Crippen molar-refractivity contribution in [1.29, 1.82) is 0 Å². The molecule has 0 spiro atoms. The van der Waals surface area contributed by atoms with Crippen LogP contribution in [0, 0.1) is 59.2 Å². The van der Waals surface area contributed by atoms with E-state index in [0.717, 1.165) is 59.7 Å². The first-order valence-corrected chi connectivity index (χ1v) is 10.9. The van der Waals surface area contributed by atoms with Crippen molar-refractivity contribution in [3.05, 3.63) is 12.2 Å². The molecule has 3 heteroatoms. The van der Waals surface area contributed by atoms with Crippen LogP contribution < -0.4 is 0 Å². The first-order chi connectivity index (χ1) is 12.3. The van der Waals surface area contributed by atoms with E-state index >= 15 is 0 Å². The lowest BCUT2D eigenvalue weighted by Crippen LogP contribution is -2.49. The fourth-order valence-corrected chi connectivity index (χ4v) is 9.13. The molecular weight excluding hydrogens is 324 g/mol. The van der Waals surface area contributed by atoms with Crippen LogP contribution in [-0.4, -0.2) is 17.4 Å². The second-order valence-corrected chi connectivity index (χ2v) is 11.5. The summed E-state index contributed by atoms with van der Waals surface area (Å²) in [6, 6.07) is 0. The highest BCUT2D eigenvalue weighted by molar-refractivity contribution is 5.61. The number of carbonyl (C=O) groups excluding carboxylic acids is 1. The summed E-state index contributed by atoms with van der Waals surface area (Å²) in [5.41, 5.74) is -0.787. The van der Waals surface area contributed by atoms with Crippen molar-refractivity contribution in [3.8, 4) is 0 Å². The number of rotatable bonds is 1. The Morgan fingerprint density at radius 3 is 2.27 bits per heavy atom. The molecule has 5 saturated carbocycles. The standard InChI is InChI=1S/C23H32O3/c1-22(2,3)25-21(24)26-23(4)10-13-8-16(23)20-15-9-14(19(13)20)17-11-5-6-12(7-11)18(15)17/h5-6,11-20H,7-10H2,1-4H3. The van der Waals surface area contributed by atoms with E-state index in [1.165, 1.54) is 19.3 Å². The molecule has 11 unspecified atom stereocenters. The van der Waals surface area contributed by atoms with Gasteiger partial charge in [0.05, 0.1) is 0 Å². The molecular formula is C23H32O3. The molecule has 3 nitrogen and oxygen atoms in total. The van der Waals surface area contributed by atoms with Crippen molar-refractivity contribution in [2.45, 2.75) is 64.6 Å². The van der Waals surface area contributed by atoms with E-state index in [1.54, 1.807) is 0 Å². The Balaban J connectivity index is 1.25. The van der Waals surface area contributed by atoms with Gasteiger partial charge < -0.3 is 9.47 Å². The molecule has 0 heterocycles. The molecule has 0 N–H and O–H groups in total. The lowest BCUT2D eigenvalue weighted by atomic mass is 9.58. The molecule has 0 amide bonds. The molecule has 0 aromatic rings. The number of carbonyl (C=O) groups is 1. The molecule has 6 aliphatic carbocycles. The summed E-state index contributed by atoms with van der Waals surface area (Å²) in [5.74, 6) is 8.62. The van der Waals surface area contributed by atoms with Crippen molar-refractivity contribution < 1.29 is 14.3 Å². The monoisotopic (exact) mass is 356 g/mol. The smallest absolute Gasteiger partial charge is 0.429 e. The van der Waals surface area contributed by atoms with Crippen LogP contribution >= 0.6 is 0 Å². The van der Waals surface area contributed by atoms with Crippen LogP contribution in [0.4, 0.5) is 4.79 Å². The minimum absolute atomic E-state index is 0.304. The Kier molecular flexibility index (Phi) is 2.89. The highest BCUT2D eigenvalue weighted by atomic mass is 16.7. The molecule has 6 rings (SSSR count). The minimum atomic E-state index is -0.483. The van der Waals surface area contributed by atoms with Crippen molar-refractivity contribution in [3.63, 3.8) is 0 Å². The zero-order valence-corrected chi connectivity index (χ0v) is 16.5. The molecule has 142 valence electrons. The Hall–Kier alpha value is -0.990. The summed E-state index contributed by atoms with van der Waals surface area (Å²) >= 11 is 0. The Bertz CT molecular complexity index is 690. The van der Waals surface area contributed by atoms with Crippen LogP contribution in [0.15, 0.2) is 12.2 Å². The summed E-state index contributed by atoms with van der Waals surface area (Å²) in [6.45, 7) is 7.92. The van der Waals surface area contributed by atoms with Gasteiger partial charge in [0.25, 0.3) is 0 Å². The predicted octanol–water partition coefficient (Wildman–Crippen LogP) is 5.06. The van der Waals surface area contributed by atoms with Crippen LogP contribution in [0.1, 0.15) is 53.4 Å². The first kappa shape index (κ1) is 16.0. The second-order valence-electron chi connectivity index (χ2n) is 11.5. The van der Waals surface area contributed by atoms with E-state index < -0.39 is 11.8 Å². The molecule has 0 radical (unpaired) electrons. The molecule has 11 atom stereocenters. The third-order valence-electron chi connectivity index (χ3n) is 9.27. The lowest BCUT2D eigenvalue weighted by Gasteiger charge is -2.48. The first-order valence-electron chi connectivity index (χ1n) is 10.9. The van der Waals surface area contributed by atoms with Gasteiger partial charge in [-0.2, -0.15) is 0 Å². The van der Waals surface area contributed by atoms with Crippen LogP contribution in [0.25, 0.3) is 0 Å². The fourth-order valence-electron chi connectivity index (χ4n) is 9.13. The number of fused-ring (bicyclic) bond motifs is 16. The SMILES string of the molecule is CC(C)(C)OC(=O)OC1(C)CC2CC1C1C3CC(C4C5C=CC(C5)C34)C21. The fraction of sp³-hybridized carbons (Fsp3) is 0.870. The lowest BCUT2D eigenvalue weighted by molar-refractivity contribution is -0.110. The van der Waals surface area contributed by atoms with E-state index in [2.05, 4.69) is 19.1 Å². The third kappa shape index (κ3) is 1.88. The maximum Gasteiger partial charge on any atom is 0.509 e. The molecule has 6 aliphatic rings. The number of hydrogen-bond acceptors (Lipinski definition) is 3. The molecule has 6 bridgehead atoms. The van der Waals surface area contributed by atoms with Crippen LogP contribution in [0.2, 0.25) is 0 Å². The zero-order valence-electron chi connectivity index (χ0n) is 16.5. The molecule has 0 saturated heterocycles. The third-order valence-corrected chi connectivity index (χ3v) is 9.27. The van der Waals surface area contributed by atoms with Crippen LogP contribution in [-0.2, 0) is 9.47 Å². The summed E-state index contributed by atoms with van der Waals surface area (Å²) in [6.07, 6.45) is 9.85. The highest BCUT2D eigenvalue weighted by Gasteiger charge is 2.73. The number of ether oxygens (including phenoxy) is 2. The quantitative estimate of drug-likeness (QED) is 0.374. The van der Waals surface area contributed by atoms with Gasteiger partial charge in [0.15, 0.2) is 0 Å². The van der Waals surface area contributed by atoms with E-state index in [1.807, 2.05) is 20.8 Å². The van der Waals surface area contributed by atoms with Gasteiger partial charge in [-0.1, -0.05) is 12.2 Å². The van der Waals surface area contributed by atoms with E-state index in [-0.39, 0.29) is 5.60 Å². The van der Waals surface area contributed by atoms with Crippen molar-refractivity contribution in [2.24, 2.45) is 59.2 Å². The maximum atomic E-state index is 12.4. The Morgan fingerprint density at radius 2 is 1.62 bits per heavy atom. The summed E-state index contributed by atoms with van der Waals surface area (Å²) in [5, 5.41) is 0. The van der Waals surface area contributed by atoms with Gasteiger partial charge in [-0.05, 0) is 107 Å².